The zero-order valence-corrected chi connectivity index (χ0v) is 18.1. The quantitative estimate of drug-likeness (QED) is 0.662. The molecule has 0 aromatic heterocycles. The number of amides is 1. The van der Waals surface area contributed by atoms with E-state index in [0.717, 1.165) is 19.6 Å². The van der Waals surface area contributed by atoms with Gasteiger partial charge in [-0.25, -0.2) is 0 Å². The number of rotatable bonds is 8. The van der Waals surface area contributed by atoms with Crippen LogP contribution in [0.2, 0.25) is 0 Å². The standard InChI is InChI=1S/C23H30N2O5/c1-17(30-19-14-20(27-2)22(29-4)21(15-19)28-3)23(26)25-12-10-24(11-13-25)16-18-8-6-5-7-9-18/h5-9,14-15,17H,10-13,16H2,1-4H3. The van der Waals surface area contributed by atoms with E-state index in [-0.39, 0.29) is 5.91 Å². The highest BCUT2D eigenvalue weighted by molar-refractivity contribution is 5.81. The average molecular weight is 415 g/mol. The van der Waals surface area contributed by atoms with Gasteiger partial charge >= 0.3 is 0 Å². The number of benzene rings is 2. The molecule has 1 atom stereocenters. The van der Waals surface area contributed by atoms with E-state index in [1.807, 2.05) is 11.0 Å². The normalized spacial score (nSPS) is 15.4. The maximum absolute atomic E-state index is 12.9. The number of methoxy groups -OCH3 is 3. The van der Waals surface area contributed by atoms with E-state index >= 15 is 0 Å². The molecule has 1 unspecified atom stereocenters. The molecule has 0 spiro atoms. The average Bonchev–Trinajstić information content (AvgIpc) is 2.79. The number of hydrogen-bond acceptors (Lipinski definition) is 6. The maximum atomic E-state index is 12.9. The van der Waals surface area contributed by atoms with Crippen LogP contribution in [0.15, 0.2) is 42.5 Å². The number of carbonyl (C=O) groups is 1. The Morgan fingerprint density at radius 1 is 0.933 bits per heavy atom. The van der Waals surface area contributed by atoms with Gasteiger partial charge in [-0.1, -0.05) is 30.3 Å². The Balaban J connectivity index is 1.57. The van der Waals surface area contributed by atoms with Gasteiger partial charge in [0.25, 0.3) is 5.91 Å². The van der Waals surface area contributed by atoms with Crippen molar-refractivity contribution >= 4 is 5.91 Å². The van der Waals surface area contributed by atoms with Crippen molar-refractivity contribution in [2.24, 2.45) is 0 Å². The molecule has 0 radical (unpaired) electrons. The van der Waals surface area contributed by atoms with E-state index in [2.05, 4.69) is 29.2 Å². The van der Waals surface area contributed by atoms with Gasteiger partial charge in [-0.15, -0.1) is 0 Å². The van der Waals surface area contributed by atoms with Gasteiger partial charge < -0.3 is 23.8 Å². The Bertz CT molecular complexity index is 810. The van der Waals surface area contributed by atoms with Gasteiger partial charge in [-0.2, -0.15) is 0 Å². The summed E-state index contributed by atoms with van der Waals surface area (Å²) in [5.41, 5.74) is 1.29. The second-order valence-electron chi connectivity index (χ2n) is 7.21. The molecule has 1 saturated heterocycles. The van der Waals surface area contributed by atoms with Gasteiger partial charge in [0.05, 0.1) is 21.3 Å². The topological polar surface area (TPSA) is 60.5 Å². The van der Waals surface area contributed by atoms with Crippen molar-refractivity contribution in [2.75, 3.05) is 47.5 Å². The molecule has 30 heavy (non-hydrogen) atoms. The maximum Gasteiger partial charge on any atom is 0.263 e. The van der Waals surface area contributed by atoms with Crippen molar-refractivity contribution < 1.29 is 23.7 Å². The molecule has 1 heterocycles. The third-order valence-electron chi connectivity index (χ3n) is 5.23. The number of carbonyl (C=O) groups excluding carboxylic acids is 1. The van der Waals surface area contributed by atoms with E-state index < -0.39 is 6.10 Å². The molecule has 1 amide bonds. The fraction of sp³-hybridized carbons (Fsp3) is 0.435. The predicted molar refractivity (Wildman–Crippen MR) is 114 cm³/mol. The summed E-state index contributed by atoms with van der Waals surface area (Å²) >= 11 is 0. The van der Waals surface area contributed by atoms with Gasteiger partial charge in [0, 0.05) is 44.9 Å². The lowest BCUT2D eigenvalue weighted by atomic mass is 10.2. The van der Waals surface area contributed by atoms with Gasteiger partial charge in [-0.3, -0.25) is 9.69 Å². The third kappa shape index (κ3) is 5.16. The van der Waals surface area contributed by atoms with Crippen LogP contribution in [-0.2, 0) is 11.3 Å². The zero-order valence-electron chi connectivity index (χ0n) is 18.1. The Kier molecular flexibility index (Phi) is 7.41. The summed E-state index contributed by atoms with van der Waals surface area (Å²) in [5, 5.41) is 0. The number of hydrogen-bond donors (Lipinski definition) is 0. The second kappa shape index (κ2) is 10.2. The van der Waals surface area contributed by atoms with E-state index in [9.17, 15) is 4.79 Å². The van der Waals surface area contributed by atoms with Crippen LogP contribution in [0.3, 0.4) is 0 Å². The number of nitrogens with zero attached hydrogens (tertiary/aromatic N) is 2. The number of ether oxygens (including phenoxy) is 4. The molecule has 0 aliphatic carbocycles. The summed E-state index contributed by atoms with van der Waals surface area (Å²) in [5.74, 6) is 1.93. The minimum atomic E-state index is -0.617. The molecule has 7 nitrogen and oxygen atoms in total. The van der Waals surface area contributed by atoms with Gasteiger partial charge in [0.15, 0.2) is 17.6 Å². The molecule has 0 saturated carbocycles. The van der Waals surface area contributed by atoms with E-state index in [0.29, 0.717) is 36.1 Å². The fourth-order valence-electron chi connectivity index (χ4n) is 3.60. The van der Waals surface area contributed by atoms with Crippen molar-refractivity contribution in [1.29, 1.82) is 0 Å². The smallest absolute Gasteiger partial charge is 0.263 e. The monoisotopic (exact) mass is 414 g/mol. The zero-order chi connectivity index (χ0) is 21.5. The lowest BCUT2D eigenvalue weighted by molar-refractivity contribution is -0.139. The van der Waals surface area contributed by atoms with E-state index in [1.54, 1.807) is 40.4 Å². The molecule has 1 aliphatic heterocycles. The fourth-order valence-corrected chi connectivity index (χ4v) is 3.60. The summed E-state index contributed by atoms with van der Waals surface area (Å²) in [6.45, 7) is 5.74. The van der Waals surface area contributed by atoms with Crippen LogP contribution in [0.1, 0.15) is 12.5 Å². The van der Waals surface area contributed by atoms with Crippen molar-refractivity contribution in [1.82, 2.24) is 9.80 Å². The highest BCUT2D eigenvalue weighted by Gasteiger charge is 2.26. The highest BCUT2D eigenvalue weighted by atomic mass is 16.5. The predicted octanol–water partition coefficient (Wildman–Crippen LogP) is 2.82. The van der Waals surface area contributed by atoms with Gasteiger partial charge in [0.2, 0.25) is 5.75 Å². The first kappa shape index (κ1) is 21.8. The Morgan fingerprint density at radius 3 is 2.07 bits per heavy atom. The minimum absolute atomic E-state index is 0.0249. The van der Waals surface area contributed by atoms with E-state index in [1.165, 1.54) is 5.56 Å². The van der Waals surface area contributed by atoms with Crippen LogP contribution < -0.4 is 18.9 Å². The van der Waals surface area contributed by atoms with Gasteiger partial charge in [0.1, 0.15) is 5.75 Å². The van der Waals surface area contributed by atoms with Crippen LogP contribution in [0.25, 0.3) is 0 Å². The lowest BCUT2D eigenvalue weighted by Gasteiger charge is -2.36. The summed E-state index contributed by atoms with van der Waals surface area (Å²) in [6.07, 6.45) is -0.617. The summed E-state index contributed by atoms with van der Waals surface area (Å²) in [6, 6.07) is 13.8. The third-order valence-corrected chi connectivity index (χ3v) is 5.23. The summed E-state index contributed by atoms with van der Waals surface area (Å²) in [7, 11) is 4.64. The SMILES string of the molecule is COc1cc(OC(C)C(=O)N2CCN(Cc3ccccc3)CC2)cc(OC)c1OC. The largest absolute Gasteiger partial charge is 0.493 e. The Hall–Kier alpha value is -2.93. The van der Waals surface area contributed by atoms with Crippen molar-refractivity contribution in [3.05, 3.63) is 48.0 Å². The molecule has 0 N–H and O–H groups in total. The van der Waals surface area contributed by atoms with Crippen LogP contribution in [0.5, 0.6) is 23.0 Å². The molecule has 2 aromatic carbocycles. The molecule has 1 fully saturated rings. The van der Waals surface area contributed by atoms with Crippen LogP contribution >= 0.6 is 0 Å². The first-order valence-corrected chi connectivity index (χ1v) is 10.1. The second-order valence-corrected chi connectivity index (χ2v) is 7.21. The Labute approximate surface area is 178 Å². The number of piperazine rings is 1. The molecule has 7 heteroatoms. The van der Waals surface area contributed by atoms with Crippen molar-refractivity contribution in [3.63, 3.8) is 0 Å². The lowest BCUT2D eigenvalue weighted by Crippen LogP contribution is -2.51. The first-order valence-electron chi connectivity index (χ1n) is 10.1. The van der Waals surface area contributed by atoms with Crippen molar-refractivity contribution in [3.8, 4) is 23.0 Å². The molecule has 0 bridgehead atoms. The van der Waals surface area contributed by atoms with Crippen LogP contribution in [0, 0.1) is 0 Å². The van der Waals surface area contributed by atoms with Crippen LogP contribution in [-0.4, -0.2) is 69.3 Å². The van der Waals surface area contributed by atoms with Gasteiger partial charge in [-0.05, 0) is 12.5 Å². The molecule has 2 aromatic rings. The molecule has 162 valence electrons. The summed E-state index contributed by atoms with van der Waals surface area (Å²) < 4.78 is 21.9. The molecular weight excluding hydrogens is 384 g/mol. The highest BCUT2D eigenvalue weighted by Crippen LogP contribution is 2.41. The minimum Gasteiger partial charge on any atom is -0.493 e. The molecule has 3 rings (SSSR count). The van der Waals surface area contributed by atoms with E-state index in [4.69, 9.17) is 18.9 Å². The molecular formula is C23H30N2O5. The molecule has 1 aliphatic rings. The first-order chi connectivity index (χ1) is 14.5. The Morgan fingerprint density at radius 2 is 1.53 bits per heavy atom. The van der Waals surface area contributed by atoms with Crippen molar-refractivity contribution in [2.45, 2.75) is 19.6 Å². The van der Waals surface area contributed by atoms with Crippen LogP contribution in [0.4, 0.5) is 0 Å². The summed E-state index contributed by atoms with van der Waals surface area (Å²) in [4.78, 5) is 17.1.